The number of hydrogen-bond donors (Lipinski definition) is 1. The van der Waals surface area contributed by atoms with Gasteiger partial charge in [-0.15, -0.1) is 0 Å². The fraction of sp³-hybridized carbons (Fsp3) is 0.357. The number of aromatic nitrogens is 1. The number of pyridine rings is 1. The van der Waals surface area contributed by atoms with Crippen LogP contribution in [0.1, 0.15) is 12.8 Å². The first-order valence-corrected chi connectivity index (χ1v) is 6.87. The van der Waals surface area contributed by atoms with Crippen LogP contribution in [0.2, 0.25) is 0 Å². The molecule has 0 spiro atoms. The second-order valence-electron chi connectivity index (χ2n) is 5.38. The first kappa shape index (κ1) is 15.3. The first-order chi connectivity index (χ1) is 10.8. The summed E-state index contributed by atoms with van der Waals surface area (Å²) < 4.78 is 40.9. The van der Waals surface area contributed by atoms with Crippen molar-refractivity contribution in [3.05, 3.63) is 34.3 Å². The third kappa shape index (κ3) is 2.62. The van der Waals surface area contributed by atoms with E-state index in [1.165, 1.54) is 12.3 Å². The molecule has 6 nitrogen and oxygen atoms in total. The van der Waals surface area contributed by atoms with E-state index in [0.717, 1.165) is 0 Å². The van der Waals surface area contributed by atoms with Gasteiger partial charge in [0.05, 0.1) is 22.1 Å². The van der Waals surface area contributed by atoms with Crippen LogP contribution in [0, 0.1) is 15.9 Å². The van der Waals surface area contributed by atoms with Gasteiger partial charge in [0.25, 0.3) is 5.92 Å². The van der Waals surface area contributed by atoms with E-state index in [-0.39, 0.29) is 42.5 Å². The van der Waals surface area contributed by atoms with Crippen molar-refractivity contribution in [1.29, 1.82) is 0 Å². The molecule has 0 bridgehead atoms. The quantitative estimate of drug-likeness (QED) is 0.677. The summed E-state index contributed by atoms with van der Waals surface area (Å²) in [7, 11) is 0. The number of aromatic hydroxyl groups is 1. The van der Waals surface area contributed by atoms with Crippen LogP contribution in [0.3, 0.4) is 0 Å². The number of hydrogen-bond acceptors (Lipinski definition) is 5. The molecule has 1 fully saturated rings. The van der Waals surface area contributed by atoms with Gasteiger partial charge in [0.2, 0.25) is 5.75 Å². The Hall–Kier alpha value is -2.58. The highest BCUT2D eigenvalue weighted by Gasteiger charge is 2.35. The Morgan fingerprint density at radius 2 is 2.00 bits per heavy atom. The number of anilines is 1. The summed E-state index contributed by atoms with van der Waals surface area (Å²) in [6.07, 6.45) is 0.530. The van der Waals surface area contributed by atoms with Crippen molar-refractivity contribution in [2.75, 3.05) is 18.0 Å². The molecule has 0 saturated carbocycles. The van der Waals surface area contributed by atoms with Crippen molar-refractivity contribution in [2.45, 2.75) is 18.8 Å². The monoisotopic (exact) mass is 327 g/mol. The van der Waals surface area contributed by atoms with Gasteiger partial charge in [-0.1, -0.05) is 0 Å². The van der Waals surface area contributed by atoms with Crippen LogP contribution in [0.15, 0.2) is 18.3 Å². The van der Waals surface area contributed by atoms with Crippen LogP contribution in [-0.4, -0.2) is 34.0 Å². The molecule has 0 amide bonds. The second kappa shape index (κ2) is 5.25. The van der Waals surface area contributed by atoms with Gasteiger partial charge in [0.1, 0.15) is 11.3 Å². The fourth-order valence-electron chi connectivity index (χ4n) is 2.73. The average Bonchev–Trinajstić information content (AvgIpc) is 2.50. The molecule has 1 aliphatic heterocycles. The molecule has 0 atom stereocenters. The van der Waals surface area contributed by atoms with E-state index in [2.05, 4.69) is 4.98 Å². The maximum Gasteiger partial charge on any atom is 0.315 e. The molecule has 9 heteroatoms. The average molecular weight is 327 g/mol. The minimum Gasteiger partial charge on any atom is -0.501 e. The van der Waals surface area contributed by atoms with Crippen LogP contribution in [0.4, 0.5) is 24.5 Å². The van der Waals surface area contributed by atoms with Crippen LogP contribution < -0.4 is 4.90 Å². The Kier molecular flexibility index (Phi) is 3.50. The number of nitrogens with zero attached hydrogens (tertiary/aromatic N) is 3. The van der Waals surface area contributed by atoms with E-state index in [1.807, 2.05) is 0 Å². The number of nitro groups is 1. The standard InChI is InChI=1S/C14H12F3N3O3/c15-8-7-10(20(22)23)13(21)12-11(8)9(1-4-18-12)19-5-2-14(16,17)3-6-19/h1,4,7,21H,2-3,5-6H2. The Morgan fingerprint density at radius 3 is 2.61 bits per heavy atom. The van der Waals surface area contributed by atoms with Gasteiger partial charge in [-0.25, -0.2) is 13.2 Å². The fourth-order valence-corrected chi connectivity index (χ4v) is 2.73. The van der Waals surface area contributed by atoms with E-state index in [4.69, 9.17) is 0 Å². The lowest BCUT2D eigenvalue weighted by atomic mass is 10.0. The summed E-state index contributed by atoms with van der Waals surface area (Å²) in [4.78, 5) is 15.3. The van der Waals surface area contributed by atoms with Gasteiger partial charge in [0.15, 0.2) is 0 Å². The number of fused-ring (bicyclic) bond motifs is 1. The minimum absolute atomic E-state index is 0.0172. The molecule has 1 aliphatic rings. The van der Waals surface area contributed by atoms with Gasteiger partial charge < -0.3 is 10.0 Å². The maximum atomic E-state index is 14.3. The SMILES string of the molecule is O=[N+]([O-])c1cc(F)c2c(N3CCC(F)(F)CC3)ccnc2c1O. The van der Waals surface area contributed by atoms with E-state index in [1.54, 1.807) is 4.90 Å². The van der Waals surface area contributed by atoms with Crippen molar-refractivity contribution < 1.29 is 23.2 Å². The molecule has 1 aromatic carbocycles. The molecule has 3 rings (SSSR count). The van der Waals surface area contributed by atoms with Crippen LogP contribution >= 0.6 is 0 Å². The number of alkyl halides is 2. The van der Waals surface area contributed by atoms with Crippen molar-refractivity contribution in [1.82, 2.24) is 4.98 Å². The topological polar surface area (TPSA) is 79.5 Å². The Balaban J connectivity index is 2.13. The highest BCUT2D eigenvalue weighted by atomic mass is 19.3. The van der Waals surface area contributed by atoms with Crippen LogP contribution in [0.5, 0.6) is 5.75 Å². The Morgan fingerprint density at radius 1 is 1.35 bits per heavy atom. The summed E-state index contributed by atoms with van der Waals surface area (Å²) in [6.45, 7) is 0.0343. The summed E-state index contributed by atoms with van der Waals surface area (Å²) >= 11 is 0. The van der Waals surface area contributed by atoms with Crippen molar-refractivity contribution in [3.63, 3.8) is 0 Å². The third-order valence-corrected chi connectivity index (χ3v) is 3.93. The van der Waals surface area contributed by atoms with Gasteiger partial charge in [-0.2, -0.15) is 0 Å². The highest BCUT2D eigenvalue weighted by molar-refractivity contribution is 5.97. The minimum atomic E-state index is -2.75. The predicted molar refractivity (Wildman–Crippen MR) is 76.4 cm³/mol. The van der Waals surface area contributed by atoms with Crippen LogP contribution in [0.25, 0.3) is 10.9 Å². The zero-order valence-electron chi connectivity index (χ0n) is 11.8. The number of benzene rings is 1. The van der Waals surface area contributed by atoms with Crippen molar-refractivity contribution in [3.8, 4) is 5.75 Å². The number of halogens is 3. The molecular formula is C14H12F3N3O3. The number of nitro benzene ring substituents is 1. The Labute approximate surface area is 128 Å². The lowest BCUT2D eigenvalue weighted by molar-refractivity contribution is -0.385. The predicted octanol–water partition coefficient (Wildman–Crippen LogP) is 3.22. The highest BCUT2D eigenvalue weighted by Crippen LogP contribution is 2.40. The number of phenols is 1. The van der Waals surface area contributed by atoms with E-state index in [0.29, 0.717) is 6.07 Å². The van der Waals surface area contributed by atoms with E-state index < -0.39 is 28.1 Å². The molecule has 1 N–H and O–H groups in total. The summed E-state index contributed by atoms with van der Waals surface area (Å²) in [5, 5.41) is 20.7. The third-order valence-electron chi connectivity index (χ3n) is 3.93. The molecule has 0 aliphatic carbocycles. The second-order valence-corrected chi connectivity index (χ2v) is 5.38. The zero-order chi connectivity index (χ0) is 16.8. The summed E-state index contributed by atoms with van der Waals surface area (Å²) in [5.41, 5.74) is -0.760. The van der Waals surface area contributed by atoms with Crippen LogP contribution in [-0.2, 0) is 0 Å². The molecule has 2 aromatic rings. The molecule has 1 aromatic heterocycles. The van der Waals surface area contributed by atoms with Gasteiger partial charge in [-0.05, 0) is 6.07 Å². The summed E-state index contributed by atoms with van der Waals surface area (Å²) in [6, 6.07) is 2.06. The number of piperidine rings is 1. The molecule has 122 valence electrons. The van der Waals surface area contributed by atoms with Gasteiger partial charge in [0, 0.05) is 32.1 Å². The Bertz CT molecular complexity index is 788. The molecular weight excluding hydrogens is 315 g/mol. The largest absolute Gasteiger partial charge is 0.501 e. The molecule has 0 unspecified atom stereocenters. The smallest absolute Gasteiger partial charge is 0.315 e. The molecule has 1 saturated heterocycles. The first-order valence-electron chi connectivity index (χ1n) is 6.87. The number of rotatable bonds is 2. The van der Waals surface area contributed by atoms with Gasteiger partial charge >= 0.3 is 5.69 Å². The maximum absolute atomic E-state index is 14.3. The molecule has 2 heterocycles. The van der Waals surface area contributed by atoms with E-state index >= 15 is 0 Å². The summed E-state index contributed by atoms with van der Waals surface area (Å²) in [5.74, 6) is -4.42. The van der Waals surface area contributed by atoms with E-state index in [9.17, 15) is 28.4 Å². The van der Waals surface area contributed by atoms with Crippen molar-refractivity contribution >= 4 is 22.3 Å². The lowest BCUT2D eigenvalue weighted by Gasteiger charge is -2.34. The zero-order valence-corrected chi connectivity index (χ0v) is 11.8. The molecule has 23 heavy (non-hydrogen) atoms. The number of phenolic OH excluding ortho intramolecular Hbond substituents is 1. The normalized spacial score (nSPS) is 17.4. The lowest BCUT2D eigenvalue weighted by Crippen LogP contribution is -2.39. The molecule has 0 radical (unpaired) electrons. The van der Waals surface area contributed by atoms with Gasteiger partial charge in [-0.3, -0.25) is 15.1 Å². The van der Waals surface area contributed by atoms with Crippen molar-refractivity contribution in [2.24, 2.45) is 0 Å².